The topological polar surface area (TPSA) is 93.3 Å². The number of thiophene rings is 1. The highest BCUT2D eigenvalue weighted by Gasteiger charge is 2.31. The van der Waals surface area contributed by atoms with Crippen LogP contribution in [0.25, 0.3) is 0 Å². The van der Waals surface area contributed by atoms with Crippen LogP contribution < -0.4 is 17.0 Å². The minimum Gasteiger partial charge on any atom is -0.385 e. The summed E-state index contributed by atoms with van der Waals surface area (Å²) in [5.41, 5.74) is 5.97. The molecule has 0 radical (unpaired) electrons. The van der Waals surface area contributed by atoms with Gasteiger partial charge in [-0.1, -0.05) is 13.8 Å². The molecule has 1 aliphatic heterocycles. The summed E-state index contributed by atoms with van der Waals surface area (Å²) < 4.78 is 6.95. The fraction of sp³-hybridized carbons (Fsp3) is 0.556. The Morgan fingerprint density at radius 1 is 1.27 bits per heavy atom. The summed E-state index contributed by atoms with van der Waals surface area (Å²) in [6.45, 7) is 9.19. The van der Waals surface area contributed by atoms with Crippen LogP contribution in [0.2, 0.25) is 0 Å². The van der Waals surface area contributed by atoms with Gasteiger partial charge in [-0.3, -0.25) is 19.2 Å². The second kappa shape index (κ2) is 7.77. The van der Waals surface area contributed by atoms with Crippen molar-refractivity contribution in [1.29, 1.82) is 0 Å². The number of H-pyrrole nitrogens is 1. The molecule has 3 N–H and O–H groups in total. The van der Waals surface area contributed by atoms with Crippen LogP contribution in [-0.2, 0) is 11.3 Å². The lowest BCUT2D eigenvalue weighted by molar-refractivity contribution is 0.0243. The molecular weight excluding hydrogens is 352 g/mol. The molecule has 0 aliphatic carbocycles. The summed E-state index contributed by atoms with van der Waals surface area (Å²) in [7, 11) is 0. The molecule has 0 bridgehead atoms. The first kappa shape index (κ1) is 18.9. The van der Waals surface area contributed by atoms with E-state index in [4.69, 9.17) is 10.5 Å². The zero-order valence-corrected chi connectivity index (χ0v) is 16.3. The monoisotopic (exact) mass is 378 g/mol. The van der Waals surface area contributed by atoms with Crippen molar-refractivity contribution in [1.82, 2.24) is 14.5 Å². The number of rotatable bonds is 5. The van der Waals surface area contributed by atoms with E-state index in [1.54, 1.807) is 11.3 Å². The molecule has 1 atom stereocenters. The van der Waals surface area contributed by atoms with Crippen molar-refractivity contribution in [2.45, 2.75) is 33.4 Å². The van der Waals surface area contributed by atoms with E-state index < -0.39 is 11.2 Å². The summed E-state index contributed by atoms with van der Waals surface area (Å²) in [5, 5.41) is 0. The highest BCUT2D eigenvalue weighted by molar-refractivity contribution is 7.12. The molecule has 2 aromatic rings. The number of hydrogen-bond donors (Lipinski definition) is 2. The number of aryl methyl sites for hydroxylation is 1. The van der Waals surface area contributed by atoms with Gasteiger partial charge in [0, 0.05) is 29.4 Å². The van der Waals surface area contributed by atoms with Crippen LogP contribution in [0.3, 0.4) is 0 Å². The number of aromatic amines is 1. The Labute approximate surface area is 156 Å². The molecule has 0 saturated carbocycles. The van der Waals surface area contributed by atoms with Gasteiger partial charge >= 0.3 is 5.69 Å². The Morgan fingerprint density at radius 2 is 1.96 bits per heavy atom. The average molecular weight is 378 g/mol. The van der Waals surface area contributed by atoms with Crippen molar-refractivity contribution in [2.24, 2.45) is 5.92 Å². The van der Waals surface area contributed by atoms with Gasteiger partial charge in [0.15, 0.2) is 0 Å². The number of nitrogen functional groups attached to an aromatic ring is 1. The lowest BCUT2D eigenvalue weighted by atomic mass is 10.0. The van der Waals surface area contributed by atoms with Crippen LogP contribution in [0.15, 0.2) is 21.7 Å². The molecule has 1 fully saturated rings. The van der Waals surface area contributed by atoms with Gasteiger partial charge in [-0.2, -0.15) is 0 Å². The predicted octanol–water partition coefficient (Wildman–Crippen LogP) is 1.57. The number of ether oxygens (including phenoxy) is 1. The van der Waals surface area contributed by atoms with Crippen molar-refractivity contribution in [3.8, 4) is 0 Å². The number of nitrogens with two attached hydrogens (primary N) is 1. The molecular formula is C18H26N4O3S. The predicted molar refractivity (Wildman–Crippen MR) is 104 cm³/mol. The quantitative estimate of drug-likeness (QED) is 0.824. The summed E-state index contributed by atoms with van der Waals surface area (Å²) in [4.78, 5) is 31.9. The largest absolute Gasteiger partial charge is 0.385 e. The van der Waals surface area contributed by atoms with Gasteiger partial charge in [0.05, 0.1) is 24.8 Å². The number of morpholine rings is 1. The number of anilines is 1. The molecule has 26 heavy (non-hydrogen) atoms. The number of hydrogen-bond acceptors (Lipinski definition) is 6. The fourth-order valence-electron chi connectivity index (χ4n) is 3.35. The molecule has 0 spiro atoms. The van der Waals surface area contributed by atoms with Crippen LogP contribution in [-0.4, -0.2) is 40.8 Å². The summed E-state index contributed by atoms with van der Waals surface area (Å²) in [6, 6.07) is 3.80. The van der Waals surface area contributed by atoms with Gasteiger partial charge in [-0.05, 0) is 25.0 Å². The van der Waals surface area contributed by atoms with Crippen LogP contribution in [0.5, 0.6) is 0 Å². The summed E-state index contributed by atoms with van der Waals surface area (Å²) >= 11 is 1.65. The standard InChI is InChI=1S/C18H26N4O3S/c1-11(2)10-22-16(19)14(17(23)20-18(22)24)15(13-5-4-12(3)26-13)21-6-8-25-9-7-21/h4-5,11,15H,6-10,19H2,1-3H3,(H,20,23,24)/t15-/m1/s1. The van der Waals surface area contributed by atoms with E-state index in [-0.39, 0.29) is 17.8 Å². The number of nitrogens with one attached hydrogen (secondary N) is 1. The zero-order valence-electron chi connectivity index (χ0n) is 15.4. The SMILES string of the molecule is Cc1ccc([C@H](c2c(N)n(CC(C)C)c(=O)[nH]c2=O)N2CCOCC2)s1. The lowest BCUT2D eigenvalue weighted by Gasteiger charge is -2.34. The second-order valence-corrected chi connectivity index (χ2v) is 8.38. The minimum atomic E-state index is -0.451. The fourth-order valence-corrected chi connectivity index (χ4v) is 4.38. The van der Waals surface area contributed by atoms with E-state index in [1.807, 2.05) is 32.9 Å². The molecule has 1 aliphatic rings. The van der Waals surface area contributed by atoms with E-state index in [0.717, 1.165) is 4.88 Å². The third-order valence-electron chi connectivity index (χ3n) is 4.54. The molecule has 1 saturated heterocycles. The third-order valence-corrected chi connectivity index (χ3v) is 5.59. The summed E-state index contributed by atoms with van der Waals surface area (Å²) in [5.74, 6) is 0.495. The molecule has 3 heterocycles. The van der Waals surface area contributed by atoms with Crippen molar-refractivity contribution in [3.63, 3.8) is 0 Å². The second-order valence-electron chi connectivity index (χ2n) is 7.06. The van der Waals surface area contributed by atoms with Crippen LogP contribution in [0, 0.1) is 12.8 Å². The van der Waals surface area contributed by atoms with Gasteiger partial charge in [-0.25, -0.2) is 4.79 Å². The van der Waals surface area contributed by atoms with Gasteiger partial charge in [0.1, 0.15) is 5.82 Å². The maximum absolute atomic E-state index is 12.8. The molecule has 3 rings (SSSR count). The highest BCUT2D eigenvalue weighted by Crippen LogP contribution is 2.34. The Bertz CT molecular complexity index is 877. The van der Waals surface area contributed by atoms with Crippen molar-refractivity contribution < 1.29 is 4.74 Å². The van der Waals surface area contributed by atoms with E-state index >= 15 is 0 Å². The average Bonchev–Trinajstić information content (AvgIpc) is 3.02. The lowest BCUT2D eigenvalue weighted by Crippen LogP contribution is -2.44. The van der Waals surface area contributed by atoms with Crippen molar-refractivity contribution in [2.75, 3.05) is 32.0 Å². The maximum Gasteiger partial charge on any atom is 0.329 e. The number of aromatic nitrogens is 2. The Morgan fingerprint density at radius 3 is 2.54 bits per heavy atom. The van der Waals surface area contributed by atoms with Crippen LogP contribution in [0.4, 0.5) is 5.82 Å². The molecule has 142 valence electrons. The van der Waals surface area contributed by atoms with E-state index in [0.29, 0.717) is 38.4 Å². The Balaban J connectivity index is 2.17. The first-order chi connectivity index (χ1) is 12.4. The number of nitrogens with zero attached hydrogens (tertiary/aromatic N) is 2. The Hall–Kier alpha value is -1.90. The molecule has 0 aromatic carbocycles. The maximum atomic E-state index is 12.8. The van der Waals surface area contributed by atoms with E-state index in [9.17, 15) is 9.59 Å². The smallest absolute Gasteiger partial charge is 0.329 e. The van der Waals surface area contributed by atoms with Crippen molar-refractivity contribution in [3.05, 3.63) is 48.3 Å². The van der Waals surface area contributed by atoms with Crippen molar-refractivity contribution >= 4 is 17.2 Å². The van der Waals surface area contributed by atoms with Crippen LogP contribution >= 0.6 is 11.3 Å². The highest BCUT2D eigenvalue weighted by atomic mass is 32.1. The molecule has 7 nitrogen and oxygen atoms in total. The first-order valence-electron chi connectivity index (χ1n) is 8.89. The third kappa shape index (κ3) is 3.77. The van der Waals surface area contributed by atoms with E-state index in [1.165, 1.54) is 9.44 Å². The normalized spacial score (nSPS) is 16.9. The minimum absolute atomic E-state index is 0.236. The summed E-state index contributed by atoms with van der Waals surface area (Å²) in [6.07, 6.45) is 0. The van der Waals surface area contributed by atoms with E-state index in [2.05, 4.69) is 9.88 Å². The zero-order chi connectivity index (χ0) is 18.8. The van der Waals surface area contributed by atoms with Gasteiger partial charge in [0.25, 0.3) is 5.56 Å². The Kier molecular flexibility index (Phi) is 5.64. The van der Waals surface area contributed by atoms with Gasteiger partial charge < -0.3 is 10.5 Å². The molecule has 0 amide bonds. The van der Waals surface area contributed by atoms with Crippen LogP contribution in [0.1, 0.15) is 35.2 Å². The molecule has 8 heteroatoms. The molecule has 0 unspecified atom stereocenters. The molecule has 2 aromatic heterocycles. The van der Waals surface area contributed by atoms with Gasteiger partial charge in [0.2, 0.25) is 0 Å². The first-order valence-corrected chi connectivity index (χ1v) is 9.70. The van der Waals surface area contributed by atoms with Gasteiger partial charge in [-0.15, -0.1) is 11.3 Å².